The highest BCUT2D eigenvalue weighted by Gasteiger charge is 2.31. The highest BCUT2D eigenvalue weighted by molar-refractivity contribution is 7.98. The van der Waals surface area contributed by atoms with Crippen LogP contribution in [0.1, 0.15) is 39.0 Å². The maximum Gasteiger partial charge on any atom is 0.326 e. The lowest BCUT2D eigenvalue weighted by atomic mass is 10.1. The summed E-state index contributed by atoms with van der Waals surface area (Å²) in [5, 5.41) is 43.2. The second-order valence-corrected chi connectivity index (χ2v) is 8.42. The van der Waals surface area contributed by atoms with Crippen LogP contribution < -0.4 is 21.7 Å². The lowest BCUT2D eigenvalue weighted by Gasteiger charge is -2.25. The summed E-state index contributed by atoms with van der Waals surface area (Å²) < 4.78 is 0. The van der Waals surface area contributed by atoms with Gasteiger partial charge in [0.2, 0.25) is 17.7 Å². The van der Waals surface area contributed by atoms with E-state index in [1.807, 2.05) is 0 Å². The zero-order valence-corrected chi connectivity index (χ0v) is 19.7. The third-order valence-corrected chi connectivity index (χ3v) is 5.25. The van der Waals surface area contributed by atoms with Crippen LogP contribution in [0.15, 0.2) is 0 Å². The van der Waals surface area contributed by atoms with Crippen LogP contribution in [0.5, 0.6) is 0 Å². The van der Waals surface area contributed by atoms with E-state index >= 15 is 0 Å². The Morgan fingerprint density at radius 2 is 1.18 bits per heavy atom. The molecule has 0 radical (unpaired) electrons. The van der Waals surface area contributed by atoms with Gasteiger partial charge in [-0.05, 0) is 38.2 Å². The van der Waals surface area contributed by atoms with Gasteiger partial charge in [0.15, 0.2) is 0 Å². The average Bonchev–Trinajstić information content (AvgIpc) is 2.74. The zero-order valence-electron chi connectivity index (χ0n) is 18.9. The molecule has 15 heteroatoms. The smallest absolute Gasteiger partial charge is 0.326 e. The van der Waals surface area contributed by atoms with Crippen molar-refractivity contribution in [2.45, 2.75) is 69.3 Å². The van der Waals surface area contributed by atoms with Crippen molar-refractivity contribution in [3.05, 3.63) is 0 Å². The Morgan fingerprint density at radius 3 is 1.59 bits per heavy atom. The van der Waals surface area contributed by atoms with Crippen molar-refractivity contribution in [2.75, 3.05) is 12.0 Å². The summed E-state index contributed by atoms with van der Waals surface area (Å²) in [5.41, 5.74) is 5.57. The first kappa shape index (κ1) is 31.1. The Labute approximate surface area is 200 Å². The number of amides is 3. The summed E-state index contributed by atoms with van der Waals surface area (Å²) in [4.78, 5) is 70.7. The summed E-state index contributed by atoms with van der Waals surface area (Å²) >= 11 is 1.37. The Hall–Kier alpha value is -2.91. The molecule has 9 N–H and O–H groups in total. The van der Waals surface area contributed by atoms with Crippen LogP contribution in [0.3, 0.4) is 0 Å². The van der Waals surface area contributed by atoms with Crippen LogP contribution in [0, 0.1) is 0 Å². The minimum absolute atomic E-state index is 0.120. The van der Waals surface area contributed by atoms with Gasteiger partial charge in [0, 0.05) is 12.8 Å². The van der Waals surface area contributed by atoms with E-state index in [-0.39, 0.29) is 6.42 Å². The molecule has 0 aliphatic carbocycles. The Morgan fingerprint density at radius 1 is 0.765 bits per heavy atom. The molecule has 0 saturated carbocycles. The molecule has 5 unspecified atom stereocenters. The molecule has 0 heterocycles. The van der Waals surface area contributed by atoms with Crippen molar-refractivity contribution in [1.29, 1.82) is 0 Å². The van der Waals surface area contributed by atoms with Gasteiger partial charge < -0.3 is 42.1 Å². The highest BCUT2D eigenvalue weighted by Crippen LogP contribution is 2.06. The molecule has 34 heavy (non-hydrogen) atoms. The molecule has 14 nitrogen and oxygen atoms in total. The third kappa shape index (κ3) is 12.4. The van der Waals surface area contributed by atoms with Crippen LogP contribution >= 0.6 is 11.8 Å². The van der Waals surface area contributed by atoms with Gasteiger partial charge in [-0.15, -0.1) is 0 Å². The second-order valence-electron chi connectivity index (χ2n) is 7.43. The summed E-state index contributed by atoms with van der Waals surface area (Å²) in [7, 11) is 0. The molecule has 0 aromatic heterocycles. The number of hydrogen-bond acceptors (Lipinski definition) is 9. The minimum Gasteiger partial charge on any atom is -0.481 e. The van der Waals surface area contributed by atoms with E-state index in [4.69, 9.17) is 15.9 Å². The molecule has 0 spiro atoms. The predicted molar refractivity (Wildman–Crippen MR) is 120 cm³/mol. The largest absolute Gasteiger partial charge is 0.481 e. The maximum atomic E-state index is 12.8. The van der Waals surface area contributed by atoms with Crippen LogP contribution in [-0.2, 0) is 28.8 Å². The maximum absolute atomic E-state index is 12.8. The predicted octanol–water partition coefficient (Wildman–Crippen LogP) is -2.28. The Balaban J connectivity index is 5.55. The average molecular weight is 509 g/mol. The molecule has 0 rings (SSSR count). The van der Waals surface area contributed by atoms with E-state index in [2.05, 4.69) is 16.0 Å². The number of aliphatic hydroxyl groups is 1. The van der Waals surface area contributed by atoms with Gasteiger partial charge in [-0.3, -0.25) is 24.0 Å². The van der Waals surface area contributed by atoms with Crippen LogP contribution in [-0.4, -0.2) is 98.3 Å². The SMILES string of the molecule is CSCCC(NC(=O)C(N)C(C)O)C(=O)NC(CCC(=O)O)C(=O)NC(CCC(=O)O)C(=O)O. The number of aliphatic carboxylic acids is 3. The van der Waals surface area contributed by atoms with E-state index in [0.717, 1.165) is 0 Å². The van der Waals surface area contributed by atoms with E-state index in [1.165, 1.54) is 18.7 Å². The van der Waals surface area contributed by atoms with E-state index in [0.29, 0.717) is 5.75 Å². The molecule has 0 aliphatic heterocycles. The van der Waals surface area contributed by atoms with Crippen LogP contribution in [0.4, 0.5) is 0 Å². The van der Waals surface area contributed by atoms with Gasteiger partial charge in [-0.2, -0.15) is 11.8 Å². The molecule has 0 bridgehead atoms. The number of carbonyl (C=O) groups excluding carboxylic acids is 3. The number of nitrogens with one attached hydrogen (secondary N) is 3. The molecule has 0 aliphatic rings. The normalized spacial score (nSPS) is 15.2. The molecule has 0 aromatic rings. The van der Waals surface area contributed by atoms with Crippen molar-refractivity contribution >= 4 is 47.4 Å². The molecule has 5 atom stereocenters. The van der Waals surface area contributed by atoms with Crippen molar-refractivity contribution < 1.29 is 49.2 Å². The first-order chi connectivity index (χ1) is 15.8. The Kier molecular flexibility index (Phi) is 14.5. The molecule has 0 saturated heterocycles. The van der Waals surface area contributed by atoms with Crippen LogP contribution in [0.2, 0.25) is 0 Å². The number of hydrogen-bond donors (Lipinski definition) is 8. The van der Waals surface area contributed by atoms with Gasteiger partial charge in [-0.1, -0.05) is 0 Å². The Bertz CT molecular complexity index is 749. The highest BCUT2D eigenvalue weighted by atomic mass is 32.2. The van der Waals surface area contributed by atoms with Crippen molar-refractivity contribution in [2.24, 2.45) is 5.73 Å². The number of rotatable bonds is 17. The minimum atomic E-state index is -1.58. The fourth-order valence-electron chi connectivity index (χ4n) is 2.60. The lowest BCUT2D eigenvalue weighted by molar-refractivity contribution is -0.144. The first-order valence-electron chi connectivity index (χ1n) is 10.3. The van der Waals surface area contributed by atoms with Gasteiger partial charge in [0.25, 0.3) is 0 Å². The van der Waals surface area contributed by atoms with Gasteiger partial charge in [-0.25, -0.2) is 4.79 Å². The topological polar surface area (TPSA) is 245 Å². The van der Waals surface area contributed by atoms with Crippen molar-refractivity contribution in [3.63, 3.8) is 0 Å². The number of aliphatic hydroxyl groups excluding tert-OH is 1. The van der Waals surface area contributed by atoms with Crippen LogP contribution in [0.25, 0.3) is 0 Å². The molecule has 194 valence electrons. The number of thioether (sulfide) groups is 1. The van der Waals surface area contributed by atoms with E-state index in [9.17, 15) is 39.0 Å². The van der Waals surface area contributed by atoms with Crippen molar-refractivity contribution in [3.8, 4) is 0 Å². The fourth-order valence-corrected chi connectivity index (χ4v) is 3.07. The molecule has 3 amide bonds. The third-order valence-electron chi connectivity index (χ3n) is 4.61. The summed E-state index contributed by atoms with van der Waals surface area (Å²) in [6.07, 6.45) is -1.24. The number of carbonyl (C=O) groups is 6. The van der Waals surface area contributed by atoms with Gasteiger partial charge in [0.1, 0.15) is 24.2 Å². The molecular formula is C19H32N4O10S. The van der Waals surface area contributed by atoms with Gasteiger partial charge >= 0.3 is 17.9 Å². The second kappa shape index (κ2) is 15.8. The quantitative estimate of drug-likeness (QED) is 0.103. The monoisotopic (exact) mass is 508 g/mol. The fraction of sp³-hybridized carbons (Fsp3) is 0.684. The number of carboxylic acids is 3. The first-order valence-corrected chi connectivity index (χ1v) is 11.7. The molecule has 0 fully saturated rings. The summed E-state index contributed by atoms with van der Waals surface area (Å²) in [6, 6.07) is -5.55. The number of carboxylic acid groups (broad SMARTS) is 3. The van der Waals surface area contributed by atoms with Gasteiger partial charge in [0.05, 0.1) is 6.10 Å². The lowest BCUT2D eigenvalue weighted by Crippen LogP contribution is -2.58. The molecule has 0 aromatic carbocycles. The number of nitrogens with two attached hydrogens (primary N) is 1. The summed E-state index contributed by atoms with van der Waals surface area (Å²) in [6.45, 7) is 1.29. The van der Waals surface area contributed by atoms with Crippen molar-refractivity contribution in [1.82, 2.24) is 16.0 Å². The standard InChI is InChI=1S/C19H32N4O10S/c1-9(24)15(20)18(31)22-11(7-8-34-2)17(30)21-10(3-5-13(25)26)16(29)23-12(19(32)33)4-6-14(27)28/h9-12,15,24H,3-8,20H2,1-2H3,(H,21,30)(H,22,31)(H,23,29)(H,25,26)(H,27,28)(H,32,33). The summed E-state index contributed by atoms with van der Waals surface area (Å²) in [5.74, 6) is -6.32. The van der Waals surface area contributed by atoms with E-state index < -0.39 is 91.6 Å². The zero-order chi connectivity index (χ0) is 26.4. The molecular weight excluding hydrogens is 476 g/mol. The van der Waals surface area contributed by atoms with E-state index in [1.54, 1.807) is 6.26 Å².